The van der Waals surface area contributed by atoms with Gasteiger partial charge in [-0.25, -0.2) is 4.39 Å². The van der Waals surface area contributed by atoms with Gasteiger partial charge < -0.3 is 10.6 Å². The molecule has 2 N–H and O–H groups in total. The van der Waals surface area contributed by atoms with Gasteiger partial charge in [0.15, 0.2) is 0 Å². The second-order valence-electron chi connectivity index (χ2n) is 8.76. The minimum Gasteiger partial charge on any atom is -0.366 e. The smallest absolute Gasteiger partial charge is 0.249 e. The number of aryl methyl sites for hydroxylation is 1. The van der Waals surface area contributed by atoms with Crippen LogP contribution < -0.4 is 5.73 Å². The number of carbonyl (C=O) groups is 2. The number of rotatable bonds is 5. The molecule has 0 aromatic heterocycles. The molecule has 0 saturated heterocycles. The number of nitrogens with two attached hydrogens (primary N) is 1. The SMILES string of the molecule is C=CC(=O)N1CCc2c(cccc2-c2c(F)cc(C(N)=O)c3c2-c2ccc(CCF)cc2C3)C1. The molecule has 172 valence electrons. The van der Waals surface area contributed by atoms with Crippen LogP contribution in [0.1, 0.15) is 38.2 Å². The van der Waals surface area contributed by atoms with Crippen molar-refractivity contribution in [2.24, 2.45) is 5.73 Å². The molecule has 34 heavy (non-hydrogen) atoms. The molecular weight excluding hydrogens is 434 g/mol. The minimum absolute atomic E-state index is 0.132. The lowest BCUT2D eigenvalue weighted by Crippen LogP contribution is -2.35. The standard InChI is InChI=1S/C28H24F2N2O2/c1-2-25(33)32-11-9-19-17(15-32)4-3-5-21(19)27-24(30)14-23(28(31)34)22-13-18-12-16(8-10-29)6-7-20(18)26(22)27/h2-7,12,14H,1,8-11,13,15H2,(H2,31,34). The van der Waals surface area contributed by atoms with Gasteiger partial charge in [-0.1, -0.05) is 43.0 Å². The van der Waals surface area contributed by atoms with Crippen LogP contribution in [0.2, 0.25) is 0 Å². The maximum atomic E-state index is 15.7. The van der Waals surface area contributed by atoms with E-state index in [4.69, 9.17) is 5.73 Å². The number of benzene rings is 3. The van der Waals surface area contributed by atoms with Crippen LogP contribution in [0.5, 0.6) is 0 Å². The molecule has 0 unspecified atom stereocenters. The lowest BCUT2D eigenvalue weighted by molar-refractivity contribution is -0.126. The fourth-order valence-corrected chi connectivity index (χ4v) is 5.31. The first kappa shape index (κ1) is 22.0. The normalized spacial score (nSPS) is 13.8. The molecule has 0 radical (unpaired) electrons. The number of primary amides is 1. The molecule has 1 heterocycles. The van der Waals surface area contributed by atoms with E-state index in [1.807, 2.05) is 36.4 Å². The highest BCUT2D eigenvalue weighted by Crippen LogP contribution is 2.47. The third kappa shape index (κ3) is 3.50. The predicted octanol–water partition coefficient (Wildman–Crippen LogP) is 4.75. The number of nitrogens with zero attached hydrogens (tertiary/aromatic N) is 1. The van der Waals surface area contributed by atoms with Crippen molar-refractivity contribution in [3.63, 3.8) is 0 Å². The van der Waals surface area contributed by atoms with Gasteiger partial charge in [-0.05, 0) is 69.5 Å². The Bertz CT molecular complexity index is 1360. The van der Waals surface area contributed by atoms with E-state index >= 15 is 4.39 Å². The fraction of sp³-hybridized carbons (Fsp3) is 0.214. The lowest BCUT2D eigenvalue weighted by Gasteiger charge is -2.30. The van der Waals surface area contributed by atoms with Crippen LogP contribution in [0.15, 0.2) is 55.1 Å². The highest BCUT2D eigenvalue weighted by atomic mass is 19.1. The third-order valence-corrected chi connectivity index (χ3v) is 6.86. The number of amides is 2. The van der Waals surface area contributed by atoms with E-state index in [9.17, 15) is 14.0 Å². The summed E-state index contributed by atoms with van der Waals surface area (Å²) in [6.45, 7) is 4.06. The molecule has 6 heteroatoms. The number of carbonyl (C=O) groups excluding carboxylic acids is 2. The Hall–Kier alpha value is -3.80. The highest BCUT2D eigenvalue weighted by molar-refractivity contribution is 6.02. The maximum Gasteiger partial charge on any atom is 0.249 e. The zero-order valence-electron chi connectivity index (χ0n) is 18.7. The van der Waals surface area contributed by atoms with Gasteiger partial charge in [0, 0.05) is 30.6 Å². The van der Waals surface area contributed by atoms with Crippen molar-refractivity contribution in [1.29, 1.82) is 0 Å². The fourth-order valence-electron chi connectivity index (χ4n) is 5.31. The van der Waals surface area contributed by atoms with Crippen LogP contribution in [0.3, 0.4) is 0 Å². The molecule has 0 fully saturated rings. The second-order valence-corrected chi connectivity index (χ2v) is 8.76. The Balaban J connectivity index is 1.71. The van der Waals surface area contributed by atoms with Crippen LogP contribution in [0.4, 0.5) is 8.78 Å². The molecule has 4 nitrogen and oxygen atoms in total. The van der Waals surface area contributed by atoms with E-state index in [0.717, 1.165) is 33.4 Å². The van der Waals surface area contributed by atoms with Gasteiger partial charge in [0.25, 0.3) is 0 Å². The summed E-state index contributed by atoms with van der Waals surface area (Å²) >= 11 is 0. The van der Waals surface area contributed by atoms with E-state index in [1.54, 1.807) is 4.90 Å². The van der Waals surface area contributed by atoms with Crippen LogP contribution in [-0.2, 0) is 30.6 Å². The van der Waals surface area contributed by atoms with Gasteiger partial charge in [0.2, 0.25) is 11.8 Å². The van der Waals surface area contributed by atoms with Crippen molar-refractivity contribution in [1.82, 2.24) is 4.90 Å². The molecule has 3 aromatic rings. The van der Waals surface area contributed by atoms with Crippen molar-refractivity contribution >= 4 is 11.8 Å². The van der Waals surface area contributed by atoms with Crippen LogP contribution in [-0.4, -0.2) is 29.9 Å². The van der Waals surface area contributed by atoms with Crippen LogP contribution in [0.25, 0.3) is 22.3 Å². The molecular formula is C28H24F2N2O2. The summed E-state index contributed by atoms with van der Waals surface area (Å²) < 4.78 is 28.7. The predicted molar refractivity (Wildman–Crippen MR) is 128 cm³/mol. The van der Waals surface area contributed by atoms with Crippen molar-refractivity contribution in [3.05, 3.63) is 94.3 Å². The summed E-state index contributed by atoms with van der Waals surface area (Å²) in [5.74, 6) is -1.31. The molecule has 2 aliphatic rings. The lowest BCUT2D eigenvalue weighted by atomic mass is 9.85. The molecule has 3 aromatic carbocycles. The van der Waals surface area contributed by atoms with Gasteiger partial charge in [0.1, 0.15) is 5.82 Å². The average molecular weight is 459 g/mol. The zero-order valence-corrected chi connectivity index (χ0v) is 18.7. The molecule has 1 aliphatic heterocycles. The summed E-state index contributed by atoms with van der Waals surface area (Å²) in [7, 11) is 0. The second kappa shape index (κ2) is 8.52. The number of hydrogen-bond donors (Lipinski definition) is 1. The van der Waals surface area contributed by atoms with E-state index in [-0.39, 0.29) is 11.5 Å². The number of alkyl halides is 1. The van der Waals surface area contributed by atoms with E-state index in [1.165, 1.54) is 12.1 Å². The molecule has 0 bridgehead atoms. The van der Waals surface area contributed by atoms with Crippen molar-refractivity contribution in [2.45, 2.75) is 25.8 Å². The van der Waals surface area contributed by atoms with Gasteiger partial charge in [0.05, 0.1) is 6.67 Å². The van der Waals surface area contributed by atoms with Crippen molar-refractivity contribution < 1.29 is 18.4 Å². The number of fused-ring (bicyclic) bond motifs is 4. The summed E-state index contributed by atoms with van der Waals surface area (Å²) in [5, 5.41) is 0. The first-order valence-corrected chi connectivity index (χ1v) is 11.3. The third-order valence-electron chi connectivity index (χ3n) is 6.86. The molecule has 0 atom stereocenters. The first-order valence-electron chi connectivity index (χ1n) is 11.3. The quantitative estimate of drug-likeness (QED) is 0.439. The number of halogens is 2. The largest absolute Gasteiger partial charge is 0.366 e. The molecule has 0 spiro atoms. The average Bonchev–Trinajstić information content (AvgIpc) is 3.21. The number of hydrogen-bond acceptors (Lipinski definition) is 2. The van der Waals surface area contributed by atoms with Crippen LogP contribution >= 0.6 is 0 Å². The van der Waals surface area contributed by atoms with Crippen molar-refractivity contribution in [3.8, 4) is 22.3 Å². The van der Waals surface area contributed by atoms with Gasteiger partial charge >= 0.3 is 0 Å². The van der Waals surface area contributed by atoms with Gasteiger partial charge in [-0.15, -0.1) is 0 Å². The Kier molecular flexibility index (Phi) is 5.52. The summed E-state index contributed by atoms with van der Waals surface area (Å²) in [5.41, 5.74) is 13.0. The molecule has 1 aliphatic carbocycles. The zero-order chi connectivity index (χ0) is 24.0. The summed E-state index contributed by atoms with van der Waals surface area (Å²) in [6, 6.07) is 12.6. The Morgan fingerprint density at radius 2 is 1.88 bits per heavy atom. The van der Waals surface area contributed by atoms with Crippen molar-refractivity contribution in [2.75, 3.05) is 13.2 Å². The Morgan fingerprint density at radius 1 is 1.06 bits per heavy atom. The topological polar surface area (TPSA) is 63.4 Å². The summed E-state index contributed by atoms with van der Waals surface area (Å²) in [4.78, 5) is 26.1. The molecule has 5 rings (SSSR count). The van der Waals surface area contributed by atoms with Gasteiger partial charge in [-0.3, -0.25) is 14.0 Å². The van der Waals surface area contributed by atoms with E-state index in [2.05, 4.69) is 6.58 Å². The van der Waals surface area contributed by atoms with E-state index < -0.39 is 18.4 Å². The Labute approximate surface area is 196 Å². The monoisotopic (exact) mass is 458 g/mol. The molecule has 0 saturated carbocycles. The van der Waals surface area contributed by atoms with Crippen LogP contribution in [0, 0.1) is 5.82 Å². The first-order chi connectivity index (χ1) is 16.4. The van der Waals surface area contributed by atoms with Gasteiger partial charge in [-0.2, -0.15) is 0 Å². The highest BCUT2D eigenvalue weighted by Gasteiger charge is 2.31. The van der Waals surface area contributed by atoms with E-state index in [0.29, 0.717) is 49.0 Å². The maximum absolute atomic E-state index is 15.7. The summed E-state index contributed by atoms with van der Waals surface area (Å²) in [6.07, 6.45) is 2.63. The Morgan fingerprint density at radius 3 is 2.62 bits per heavy atom. The molecule has 2 amide bonds. The minimum atomic E-state index is -0.674.